The molecule has 15 heavy (non-hydrogen) atoms. The average Bonchev–Trinajstić information content (AvgIpc) is 1.99. The van der Waals surface area contributed by atoms with Crippen LogP contribution in [0.3, 0.4) is 0 Å². The predicted octanol–water partition coefficient (Wildman–Crippen LogP) is 1.75. The van der Waals surface area contributed by atoms with Crippen molar-refractivity contribution in [2.75, 3.05) is 0 Å². The van der Waals surface area contributed by atoms with Crippen molar-refractivity contribution in [3.8, 4) is 0 Å². The Labute approximate surface area is 82.2 Å². The zero-order chi connectivity index (χ0) is 11.9. The van der Waals surface area contributed by atoms with Crippen LogP contribution in [-0.2, 0) is 10.1 Å². The molecule has 0 aromatic rings. The first-order chi connectivity index (χ1) is 6.62. The second kappa shape index (κ2) is 3.49. The largest absolute Gasteiger partial charge is 0.433 e. The lowest BCUT2D eigenvalue weighted by atomic mass is 10.2. The van der Waals surface area contributed by atoms with Crippen LogP contribution in [0.2, 0.25) is 0 Å². The van der Waals surface area contributed by atoms with E-state index in [0.717, 1.165) is 0 Å². The first-order valence-electron chi connectivity index (χ1n) is 3.53. The molecule has 0 radical (unpaired) electrons. The summed E-state index contributed by atoms with van der Waals surface area (Å²) in [6, 6.07) is 0. The molecule has 0 saturated carbocycles. The monoisotopic (exact) mass is 247 g/mol. The Hall–Kier alpha value is -1.09. The summed E-state index contributed by atoms with van der Waals surface area (Å²) in [6.07, 6.45) is -5.19. The van der Waals surface area contributed by atoms with E-state index in [1.54, 1.807) is 0 Å². The summed E-state index contributed by atoms with van der Waals surface area (Å²) >= 11 is 0. The fourth-order valence-electron chi connectivity index (χ4n) is 0.942. The minimum absolute atomic E-state index is 0.0815. The molecule has 0 spiro atoms. The van der Waals surface area contributed by atoms with Crippen LogP contribution < -0.4 is 0 Å². The molecule has 1 N–H and O–H groups in total. The molecule has 4 nitrogen and oxygen atoms in total. The summed E-state index contributed by atoms with van der Waals surface area (Å²) in [6.45, 7) is 0. The maximum Gasteiger partial charge on any atom is 0.433 e. The van der Waals surface area contributed by atoms with Crippen molar-refractivity contribution in [1.82, 2.24) is 5.12 Å². The Morgan fingerprint density at radius 1 is 1.40 bits per heavy atom. The van der Waals surface area contributed by atoms with Crippen LogP contribution in [0.15, 0.2) is 22.9 Å². The third kappa shape index (κ3) is 2.69. The molecule has 1 rings (SSSR count). The van der Waals surface area contributed by atoms with Gasteiger partial charge in [-0.1, -0.05) is 4.48 Å². The summed E-state index contributed by atoms with van der Waals surface area (Å²) in [5.41, 5.74) is -1.62. The number of alkyl halides is 3. The lowest BCUT2D eigenvalue weighted by Gasteiger charge is -2.20. The van der Waals surface area contributed by atoms with E-state index in [-0.39, 0.29) is 6.20 Å². The number of hydrogen-bond donors (Lipinski definition) is 1. The number of hydrogen-bond acceptors (Lipinski definition) is 3. The molecular weight excluding hydrogens is 242 g/mol. The van der Waals surface area contributed by atoms with Gasteiger partial charge in [0.25, 0.3) is 10.1 Å². The summed E-state index contributed by atoms with van der Waals surface area (Å²) in [5.74, 6) is 0. The topological polar surface area (TPSA) is 57.6 Å². The highest BCUT2D eigenvalue weighted by Gasteiger charge is 2.40. The minimum atomic E-state index is -4.91. The molecule has 0 bridgehead atoms. The third-order valence-corrected chi connectivity index (χ3v) is 2.54. The standard InChI is InChI=1S/C6H5F4NO3S/c7-6(8,9)5-2-1-4(3-11(5)10)15(12,13)14/h2-3H,1H2,(H,12,13,14). The fourth-order valence-corrected chi connectivity index (χ4v) is 1.46. The maximum atomic E-state index is 12.7. The smallest absolute Gasteiger partial charge is 0.282 e. The summed E-state index contributed by atoms with van der Waals surface area (Å²) < 4.78 is 78.2. The van der Waals surface area contributed by atoms with Crippen LogP contribution in [0.25, 0.3) is 0 Å². The van der Waals surface area contributed by atoms with E-state index < -0.39 is 38.4 Å². The van der Waals surface area contributed by atoms with Gasteiger partial charge in [-0.05, 0) is 6.08 Å². The molecule has 0 aromatic heterocycles. The molecule has 0 amide bonds. The summed E-state index contributed by atoms with van der Waals surface area (Å²) in [5, 5.41) is -0.882. The number of halogens is 4. The van der Waals surface area contributed by atoms with Crippen molar-refractivity contribution in [3.63, 3.8) is 0 Å². The van der Waals surface area contributed by atoms with Gasteiger partial charge in [-0.15, -0.1) is 0 Å². The van der Waals surface area contributed by atoms with E-state index in [1.165, 1.54) is 0 Å². The highest BCUT2D eigenvalue weighted by atomic mass is 32.2. The molecule has 1 heterocycles. The van der Waals surface area contributed by atoms with Gasteiger partial charge < -0.3 is 0 Å². The second-order valence-electron chi connectivity index (χ2n) is 2.67. The Bertz CT molecular complexity index is 422. The number of rotatable bonds is 1. The number of nitrogens with zero attached hydrogens (tertiary/aromatic N) is 1. The van der Waals surface area contributed by atoms with Crippen molar-refractivity contribution in [1.29, 1.82) is 0 Å². The van der Waals surface area contributed by atoms with Crippen molar-refractivity contribution >= 4 is 10.1 Å². The lowest BCUT2D eigenvalue weighted by Crippen LogP contribution is -2.25. The van der Waals surface area contributed by atoms with Crippen molar-refractivity contribution in [2.45, 2.75) is 12.6 Å². The lowest BCUT2D eigenvalue weighted by molar-refractivity contribution is -0.126. The van der Waals surface area contributed by atoms with Gasteiger partial charge in [-0.3, -0.25) is 4.55 Å². The van der Waals surface area contributed by atoms with Crippen molar-refractivity contribution in [2.24, 2.45) is 0 Å². The SMILES string of the molecule is O=S(=O)(O)C1=CN(F)C(C(F)(F)F)=CC1. The number of allylic oxidation sites excluding steroid dienone is 3. The van der Waals surface area contributed by atoms with E-state index in [1.807, 2.05) is 0 Å². The van der Waals surface area contributed by atoms with Crippen molar-refractivity contribution < 1.29 is 30.6 Å². The average molecular weight is 247 g/mol. The zero-order valence-electron chi connectivity index (χ0n) is 6.99. The Morgan fingerprint density at radius 2 is 1.93 bits per heavy atom. The fraction of sp³-hybridized carbons (Fsp3) is 0.333. The second-order valence-corrected chi connectivity index (χ2v) is 4.15. The third-order valence-electron chi connectivity index (χ3n) is 1.61. The van der Waals surface area contributed by atoms with Gasteiger partial charge in [0.2, 0.25) is 0 Å². The van der Waals surface area contributed by atoms with Crippen LogP contribution >= 0.6 is 0 Å². The molecule has 0 saturated heterocycles. The highest BCUT2D eigenvalue weighted by molar-refractivity contribution is 7.89. The molecule has 1 aliphatic heterocycles. The van der Waals surface area contributed by atoms with Crippen LogP contribution in [-0.4, -0.2) is 24.3 Å². The van der Waals surface area contributed by atoms with Crippen LogP contribution in [0, 0.1) is 0 Å². The summed E-state index contributed by atoms with van der Waals surface area (Å²) in [7, 11) is -4.66. The van der Waals surface area contributed by atoms with E-state index in [9.17, 15) is 26.1 Å². The Balaban J connectivity index is 3.00. The molecule has 0 fully saturated rings. The van der Waals surface area contributed by atoms with E-state index >= 15 is 0 Å². The predicted molar refractivity (Wildman–Crippen MR) is 41.3 cm³/mol. The first-order valence-corrected chi connectivity index (χ1v) is 4.97. The molecule has 0 unspecified atom stereocenters. The van der Waals surface area contributed by atoms with Gasteiger partial charge in [0, 0.05) is 6.42 Å². The first kappa shape index (κ1) is 12.0. The van der Waals surface area contributed by atoms with Gasteiger partial charge in [-0.2, -0.15) is 26.7 Å². The summed E-state index contributed by atoms with van der Waals surface area (Å²) in [4.78, 5) is -0.835. The van der Waals surface area contributed by atoms with Crippen LogP contribution in [0.5, 0.6) is 0 Å². The van der Waals surface area contributed by atoms with Gasteiger partial charge in [0.05, 0.1) is 11.1 Å². The van der Waals surface area contributed by atoms with E-state index in [4.69, 9.17) is 4.55 Å². The molecule has 0 atom stereocenters. The van der Waals surface area contributed by atoms with E-state index in [2.05, 4.69) is 0 Å². The molecule has 0 aromatic carbocycles. The Morgan fingerprint density at radius 3 is 2.27 bits per heavy atom. The highest BCUT2D eigenvalue weighted by Crippen LogP contribution is 2.33. The normalized spacial score (nSPS) is 18.6. The molecule has 86 valence electrons. The van der Waals surface area contributed by atoms with Crippen LogP contribution in [0.1, 0.15) is 6.42 Å². The maximum absolute atomic E-state index is 12.7. The van der Waals surface area contributed by atoms with Crippen molar-refractivity contribution in [3.05, 3.63) is 22.9 Å². The molecule has 9 heteroatoms. The molecule has 1 aliphatic rings. The van der Waals surface area contributed by atoms with E-state index in [0.29, 0.717) is 6.08 Å². The van der Waals surface area contributed by atoms with Gasteiger partial charge in [0.1, 0.15) is 0 Å². The quantitative estimate of drug-likeness (QED) is 0.435. The Kier molecular flexibility index (Phi) is 2.79. The molecule has 0 aliphatic carbocycles. The van der Waals surface area contributed by atoms with Gasteiger partial charge in [-0.25, -0.2) is 0 Å². The van der Waals surface area contributed by atoms with Crippen LogP contribution in [0.4, 0.5) is 17.7 Å². The zero-order valence-corrected chi connectivity index (χ0v) is 7.81. The molecular formula is C6H5F4NO3S. The minimum Gasteiger partial charge on any atom is -0.282 e. The van der Waals surface area contributed by atoms with Gasteiger partial charge in [0.15, 0.2) is 5.70 Å². The van der Waals surface area contributed by atoms with Gasteiger partial charge >= 0.3 is 6.18 Å².